The van der Waals surface area contributed by atoms with Crippen molar-refractivity contribution in [3.8, 4) is 11.5 Å². The molecule has 0 radical (unpaired) electrons. The maximum absolute atomic E-state index is 12.3. The highest BCUT2D eigenvalue weighted by molar-refractivity contribution is 7.15. The molecule has 0 amide bonds. The van der Waals surface area contributed by atoms with Crippen molar-refractivity contribution in [2.24, 2.45) is 5.92 Å². The third-order valence-electron chi connectivity index (χ3n) is 3.35. The van der Waals surface area contributed by atoms with Crippen LogP contribution >= 0.6 is 11.3 Å². The van der Waals surface area contributed by atoms with Gasteiger partial charge < -0.3 is 9.47 Å². The van der Waals surface area contributed by atoms with E-state index in [1.165, 1.54) is 15.9 Å². The van der Waals surface area contributed by atoms with E-state index in [0.29, 0.717) is 39.3 Å². The molecular weight excluding hydrogens is 326 g/mol. The van der Waals surface area contributed by atoms with Gasteiger partial charge in [0.05, 0.1) is 18.2 Å². The Kier molecular flexibility index (Phi) is 4.53. The van der Waals surface area contributed by atoms with Crippen molar-refractivity contribution < 1.29 is 9.47 Å². The fourth-order valence-electron chi connectivity index (χ4n) is 2.23. The molecule has 0 aliphatic rings. The lowest BCUT2D eigenvalue weighted by atomic mass is 10.2. The second-order valence-corrected chi connectivity index (χ2v) is 6.89. The fraction of sp³-hybridized carbons (Fsp3) is 0.353. The minimum atomic E-state index is -0.158. The van der Waals surface area contributed by atoms with Crippen LogP contribution in [0.1, 0.15) is 25.2 Å². The number of rotatable bonds is 5. The van der Waals surface area contributed by atoms with Crippen LogP contribution in [0.25, 0.3) is 11.0 Å². The Labute approximate surface area is 143 Å². The van der Waals surface area contributed by atoms with E-state index >= 15 is 0 Å². The van der Waals surface area contributed by atoms with Gasteiger partial charge in [-0.1, -0.05) is 31.3 Å². The minimum Gasteiger partial charge on any atom is -0.493 e. The number of methoxy groups -OCH3 is 1. The summed E-state index contributed by atoms with van der Waals surface area (Å²) in [6.07, 6.45) is 1.81. The maximum atomic E-state index is 12.3. The smallest absolute Gasteiger partial charge is 0.291 e. The predicted octanol–water partition coefficient (Wildman–Crippen LogP) is 2.05. The first-order chi connectivity index (χ1) is 11.5. The lowest BCUT2D eigenvalue weighted by molar-refractivity contribution is 0.257. The SMILES string of the molecule is COc1cc(/C=c2\sc3nc(C)nn3c2=O)ccc1OCC(C)C. The van der Waals surface area contributed by atoms with Crippen LogP contribution in [0.4, 0.5) is 0 Å². The molecule has 0 aliphatic carbocycles. The first-order valence-corrected chi connectivity index (χ1v) is 8.48. The summed E-state index contributed by atoms with van der Waals surface area (Å²) >= 11 is 1.32. The summed E-state index contributed by atoms with van der Waals surface area (Å²) in [5.41, 5.74) is 0.705. The average molecular weight is 345 g/mol. The zero-order chi connectivity index (χ0) is 17.3. The van der Waals surface area contributed by atoms with Crippen molar-refractivity contribution in [3.05, 3.63) is 44.5 Å². The zero-order valence-electron chi connectivity index (χ0n) is 14.1. The van der Waals surface area contributed by atoms with Crippen LogP contribution in [-0.4, -0.2) is 28.3 Å². The molecule has 0 fully saturated rings. The van der Waals surface area contributed by atoms with Gasteiger partial charge in [0, 0.05) is 0 Å². The number of ether oxygens (including phenoxy) is 2. The number of fused-ring (bicyclic) bond motifs is 1. The number of benzene rings is 1. The first-order valence-electron chi connectivity index (χ1n) is 7.66. The van der Waals surface area contributed by atoms with Crippen molar-refractivity contribution in [1.82, 2.24) is 14.6 Å². The highest BCUT2D eigenvalue weighted by Crippen LogP contribution is 2.28. The van der Waals surface area contributed by atoms with E-state index < -0.39 is 0 Å². The van der Waals surface area contributed by atoms with E-state index in [4.69, 9.17) is 9.47 Å². The first kappa shape index (κ1) is 16.4. The van der Waals surface area contributed by atoms with Gasteiger partial charge in [-0.25, -0.2) is 4.98 Å². The monoisotopic (exact) mass is 345 g/mol. The molecule has 3 aromatic rings. The number of hydrogen-bond acceptors (Lipinski definition) is 6. The molecule has 2 aromatic heterocycles. The van der Waals surface area contributed by atoms with Crippen molar-refractivity contribution in [2.45, 2.75) is 20.8 Å². The Bertz CT molecular complexity index is 975. The molecule has 126 valence electrons. The molecule has 24 heavy (non-hydrogen) atoms. The van der Waals surface area contributed by atoms with Crippen LogP contribution in [0.15, 0.2) is 23.0 Å². The molecule has 0 aliphatic heterocycles. The van der Waals surface area contributed by atoms with Crippen LogP contribution in [0.2, 0.25) is 0 Å². The van der Waals surface area contributed by atoms with E-state index in [0.717, 1.165) is 5.56 Å². The highest BCUT2D eigenvalue weighted by Gasteiger charge is 2.09. The van der Waals surface area contributed by atoms with Crippen LogP contribution < -0.4 is 19.6 Å². The quantitative estimate of drug-likeness (QED) is 0.708. The molecule has 0 spiro atoms. The second-order valence-electron chi connectivity index (χ2n) is 5.88. The molecule has 1 aromatic carbocycles. The summed E-state index contributed by atoms with van der Waals surface area (Å²) < 4.78 is 13.1. The van der Waals surface area contributed by atoms with E-state index in [1.807, 2.05) is 24.3 Å². The van der Waals surface area contributed by atoms with Crippen LogP contribution in [0, 0.1) is 12.8 Å². The summed E-state index contributed by atoms with van der Waals surface area (Å²) in [6, 6.07) is 5.62. The van der Waals surface area contributed by atoms with Gasteiger partial charge in [-0.15, -0.1) is 5.10 Å². The Hall–Kier alpha value is -2.41. The van der Waals surface area contributed by atoms with Gasteiger partial charge in [-0.05, 0) is 36.6 Å². The van der Waals surface area contributed by atoms with E-state index in [9.17, 15) is 4.79 Å². The molecule has 0 bridgehead atoms. The molecule has 0 saturated heterocycles. The maximum Gasteiger partial charge on any atom is 0.291 e. The summed E-state index contributed by atoms with van der Waals surface area (Å²) in [5, 5.41) is 4.10. The fourth-order valence-corrected chi connectivity index (χ4v) is 3.19. The number of nitrogens with zero attached hydrogens (tertiary/aromatic N) is 3. The van der Waals surface area contributed by atoms with E-state index in [1.54, 1.807) is 14.0 Å². The lowest BCUT2D eigenvalue weighted by Gasteiger charge is -2.12. The van der Waals surface area contributed by atoms with Crippen molar-refractivity contribution in [1.29, 1.82) is 0 Å². The molecular formula is C17H19N3O3S. The molecule has 2 heterocycles. The third kappa shape index (κ3) is 3.26. The largest absolute Gasteiger partial charge is 0.493 e. The Morgan fingerprint density at radius 1 is 1.33 bits per heavy atom. The van der Waals surface area contributed by atoms with Gasteiger partial charge in [0.15, 0.2) is 11.5 Å². The molecule has 0 unspecified atom stereocenters. The zero-order valence-corrected chi connectivity index (χ0v) is 14.9. The number of aryl methyl sites for hydroxylation is 1. The Morgan fingerprint density at radius 2 is 2.12 bits per heavy atom. The molecule has 6 nitrogen and oxygen atoms in total. The van der Waals surface area contributed by atoms with Crippen LogP contribution in [0.5, 0.6) is 11.5 Å². The minimum absolute atomic E-state index is 0.158. The van der Waals surface area contributed by atoms with Crippen LogP contribution in [-0.2, 0) is 0 Å². The van der Waals surface area contributed by atoms with Gasteiger partial charge in [-0.3, -0.25) is 4.79 Å². The van der Waals surface area contributed by atoms with Crippen molar-refractivity contribution in [2.75, 3.05) is 13.7 Å². The van der Waals surface area contributed by atoms with Crippen molar-refractivity contribution >= 4 is 22.4 Å². The number of thiazole rings is 1. The molecule has 0 atom stereocenters. The summed E-state index contributed by atoms with van der Waals surface area (Å²) in [6.45, 7) is 6.57. The van der Waals surface area contributed by atoms with E-state index in [2.05, 4.69) is 23.9 Å². The Balaban J connectivity index is 1.98. The normalized spacial score (nSPS) is 12.3. The van der Waals surface area contributed by atoms with Gasteiger partial charge in [0.25, 0.3) is 5.56 Å². The van der Waals surface area contributed by atoms with Gasteiger partial charge in [0.1, 0.15) is 5.82 Å². The molecule has 0 saturated carbocycles. The predicted molar refractivity (Wildman–Crippen MR) is 94.0 cm³/mol. The number of aromatic nitrogens is 3. The molecule has 7 heteroatoms. The summed E-state index contributed by atoms with van der Waals surface area (Å²) in [7, 11) is 1.60. The molecule has 3 rings (SSSR count). The topological polar surface area (TPSA) is 65.7 Å². The summed E-state index contributed by atoms with van der Waals surface area (Å²) in [5.74, 6) is 2.37. The van der Waals surface area contributed by atoms with Gasteiger partial charge >= 0.3 is 0 Å². The molecule has 0 N–H and O–H groups in total. The summed E-state index contributed by atoms with van der Waals surface area (Å²) in [4.78, 5) is 17.2. The second kappa shape index (κ2) is 6.60. The standard InChI is InChI=1S/C17H19N3O3S/c1-10(2)9-23-13-6-5-12(7-14(13)22-4)8-15-16(21)20-17(24-15)18-11(3)19-20/h5-8,10H,9H2,1-4H3/b15-8-. The van der Waals surface area contributed by atoms with Crippen molar-refractivity contribution in [3.63, 3.8) is 0 Å². The third-order valence-corrected chi connectivity index (χ3v) is 4.30. The van der Waals surface area contributed by atoms with Crippen LogP contribution in [0.3, 0.4) is 0 Å². The van der Waals surface area contributed by atoms with Gasteiger partial charge in [-0.2, -0.15) is 4.52 Å². The van der Waals surface area contributed by atoms with Gasteiger partial charge in [0.2, 0.25) is 4.96 Å². The highest BCUT2D eigenvalue weighted by atomic mass is 32.1. The van der Waals surface area contributed by atoms with E-state index in [-0.39, 0.29) is 5.56 Å². The number of hydrogen-bond donors (Lipinski definition) is 0. The Morgan fingerprint density at radius 3 is 2.79 bits per heavy atom. The average Bonchev–Trinajstić information content (AvgIpc) is 3.04. The lowest BCUT2D eigenvalue weighted by Crippen LogP contribution is -2.23.